The van der Waals surface area contributed by atoms with E-state index in [1.54, 1.807) is 12.4 Å². The molecular weight excluding hydrogens is 336 g/mol. The van der Waals surface area contributed by atoms with Gasteiger partial charge in [-0.1, -0.05) is 29.8 Å². The molecule has 25 heavy (non-hydrogen) atoms. The van der Waals surface area contributed by atoms with Gasteiger partial charge in [0.15, 0.2) is 0 Å². The fraction of sp³-hybridized carbons (Fsp3) is 0.368. The minimum atomic E-state index is -0.0559. The average Bonchev–Trinajstić information content (AvgIpc) is 2.61. The van der Waals surface area contributed by atoms with E-state index in [0.717, 1.165) is 29.1 Å². The number of hydrogen-bond acceptors (Lipinski definition) is 3. The third-order valence-electron chi connectivity index (χ3n) is 3.80. The molecule has 5 nitrogen and oxygen atoms in total. The Labute approximate surface area is 154 Å². The smallest absolute Gasteiger partial charge is 0.317 e. The van der Waals surface area contributed by atoms with E-state index >= 15 is 0 Å². The highest BCUT2D eigenvalue weighted by atomic mass is 35.5. The van der Waals surface area contributed by atoms with Crippen LogP contribution in [0.4, 0.5) is 4.79 Å². The Bertz CT molecular complexity index is 646. The number of carbonyl (C=O) groups is 1. The van der Waals surface area contributed by atoms with E-state index in [9.17, 15) is 4.79 Å². The number of hydrogen-bond donors (Lipinski definition) is 1. The molecule has 1 N–H and O–H groups in total. The number of nitrogens with one attached hydrogen (secondary N) is 1. The molecule has 2 rings (SSSR count). The van der Waals surface area contributed by atoms with Gasteiger partial charge in [0, 0.05) is 43.6 Å². The van der Waals surface area contributed by atoms with Gasteiger partial charge in [0.05, 0.1) is 0 Å². The summed E-state index contributed by atoms with van der Waals surface area (Å²) in [6.07, 6.45) is 4.31. The summed E-state index contributed by atoms with van der Waals surface area (Å²) in [4.78, 5) is 20.6. The molecule has 0 fully saturated rings. The maximum absolute atomic E-state index is 12.6. The third kappa shape index (κ3) is 7.11. The first-order chi connectivity index (χ1) is 12.0. The monoisotopic (exact) mass is 360 g/mol. The predicted octanol–water partition coefficient (Wildman–Crippen LogP) is 3.05. The van der Waals surface area contributed by atoms with Gasteiger partial charge in [0.25, 0.3) is 0 Å². The molecule has 0 aliphatic carbocycles. The van der Waals surface area contributed by atoms with Crippen molar-refractivity contribution in [3.8, 4) is 0 Å². The lowest BCUT2D eigenvalue weighted by molar-refractivity contribution is 0.189. The summed E-state index contributed by atoms with van der Waals surface area (Å²) < 4.78 is 0. The molecule has 1 heterocycles. The predicted molar refractivity (Wildman–Crippen MR) is 102 cm³/mol. The lowest BCUT2D eigenvalue weighted by Gasteiger charge is -2.24. The second-order valence-corrected chi connectivity index (χ2v) is 6.63. The van der Waals surface area contributed by atoms with Crippen LogP contribution in [0.3, 0.4) is 0 Å². The summed E-state index contributed by atoms with van der Waals surface area (Å²) in [5.74, 6) is 0. The van der Waals surface area contributed by atoms with Crippen molar-refractivity contribution in [2.75, 3.05) is 33.7 Å². The van der Waals surface area contributed by atoms with Crippen LogP contribution < -0.4 is 5.32 Å². The van der Waals surface area contributed by atoms with Crippen LogP contribution in [0, 0.1) is 0 Å². The van der Waals surface area contributed by atoms with E-state index in [-0.39, 0.29) is 6.03 Å². The largest absolute Gasteiger partial charge is 0.338 e. The molecule has 6 heteroatoms. The molecule has 0 aliphatic rings. The molecule has 1 aromatic carbocycles. The zero-order chi connectivity index (χ0) is 18.1. The summed E-state index contributed by atoms with van der Waals surface area (Å²) in [6.45, 7) is 2.61. The second kappa shape index (κ2) is 10.0. The topological polar surface area (TPSA) is 48.5 Å². The Morgan fingerprint density at radius 1 is 1.12 bits per heavy atom. The van der Waals surface area contributed by atoms with Gasteiger partial charge in [-0.3, -0.25) is 4.98 Å². The number of aromatic nitrogens is 1. The van der Waals surface area contributed by atoms with Gasteiger partial charge >= 0.3 is 6.03 Å². The highest BCUT2D eigenvalue weighted by molar-refractivity contribution is 6.30. The normalized spacial score (nSPS) is 10.7. The molecule has 0 bridgehead atoms. The number of pyridine rings is 1. The van der Waals surface area contributed by atoms with Crippen molar-refractivity contribution in [2.45, 2.75) is 13.0 Å². The zero-order valence-corrected chi connectivity index (χ0v) is 15.5. The van der Waals surface area contributed by atoms with E-state index in [4.69, 9.17) is 11.6 Å². The van der Waals surface area contributed by atoms with Crippen molar-refractivity contribution in [2.24, 2.45) is 0 Å². The lowest BCUT2D eigenvalue weighted by Crippen LogP contribution is -2.43. The molecular formula is C19H25ClN4O. The molecule has 1 aromatic heterocycles. The van der Waals surface area contributed by atoms with Crippen molar-refractivity contribution in [3.05, 3.63) is 64.9 Å². The van der Waals surface area contributed by atoms with Gasteiger partial charge in [-0.15, -0.1) is 0 Å². The summed E-state index contributed by atoms with van der Waals surface area (Å²) in [5, 5.41) is 3.73. The van der Waals surface area contributed by atoms with Crippen molar-refractivity contribution < 1.29 is 4.79 Å². The molecule has 0 atom stereocenters. The van der Waals surface area contributed by atoms with Crippen LogP contribution >= 0.6 is 11.6 Å². The highest BCUT2D eigenvalue weighted by Gasteiger charge is 2.14. The van der Waals surface area contributed by atoms with E-state index in [1.165, 1.54) is 0 Å². The van der Waals surface area contributed by atoms with Crippen LogP contribution in [0.15, 0.2) is 48.8 Å². The number of nitrogens with zero attached hydrogens (tertiary/aromatic N) is 3. The maximum atomic E-state index is 12.6. The number of halogens is 1. The first kappa shape index (κ1) is 19.2. The number of rotatable bonds is 8. The van der Waals surface area contributed by atoms with Crippen LogP contribution in [-0.2, 0) is 13.0 Å². The molecule has 0 saturated heterocycles. The van der Waals surface area contributed by atoms with E-state index in [0.29, 0.717) is 19.6 Å². The summed E-state index contributed by atoms with van der Waals surface area (Å²) in [6, 6.07) is 11.5. The van der Waals surface area contributed by atoms with Crippen LogP contribution in [0.25, 0.3) is 0 Å². The molecule has 0 aliphatic heterocycles. The summed E-state index contributed by atoms with van der Waals surface area (Å²) >= 11 is 5.89. The number of urea groups is 1. The van der Waals surface area contributed by atoms with E-state index in [1.807, 2.05) is 55.4 Å². The van der Waals surface area contributed by atoms with Gasteiger partial charge in [0.2, 0.25) is 0 Å². The standard InChI is InChI=1S/C19H25ClN4O/c1-23(2)12-13-24(15-17-4-3-10-21-14-17)19(25)22-11-9-16-5-7-18(20)8-6-16/h3-8,10,14H,9,11-13,15H2,1-2H3,(H,22,25). The van der Waals surface area contributed by atoms with Crippen LogP contribution in [0.2, 0.25) is 5.02 Å². The Hall–Kier alpha value is -2.11. The van der Waals surface area contributed by atoms with Crippen molar-refractivity contribution in [3.63, 3.8) is 0 Å². The molecule has 0 saturated carbocycles. The SMILES string of the molecule is CN(C)CCN(Cc1cccnc1)C(=O)NCCc1ccc(Cl)cc1. The average molecular weight is 361 g/mol. The van der Waals surface area contributed by atoms with Gasteiger partial charge in [-0.05, 0) is 49.8 Å². The quantitative estimate of drug-likeness (QED) is 0.787. The van der Waals surface area contributed by atoms with Gasteiger partial charge in [-0.25, -0.2) is 4.79 Å². The van der Waals surface area contributed by atoms with Crippen molar-refractivity contribution in [1.29, 1.82) is 0 Å². The molecule has 2 aromatic rings. The molecule has 0 spiro atoms. The van der Waals surface area contributed by atoms with Crippen molar-refractivity contribution >= 4 is 17.6 Å². The fourth-order valence-corrected chi connectivity index (χ4v) is 2.49. The second-order valence-electron chi connectivity index (χ2n) is 6.19. The summed E-state index contributed by atoms with van der Waals surface area (Å²) in [7, 11) is 4.00. The van der Waals surface area contributed by atoms with Crippen LogP contribution in [0.1, 0.15) is 11.1 Å². The van der Waals surface area contributed by atoms with Crippen LogP contribution in [-0.4, -0.2) is 54.5 Å². The first-order valence-corrected chi connectivity index (χ1v) is 8.73. The molecule has 0 radical (unpaired) electrons. The Morgan fingerprint density at radius 3 is 2.52 bits per heavy atom. The third-order valence-corrected chi connectivity index (χ3v) is 4.06. The lowest BCUT2D eigenvalue weighted by atomic mass is 10.1. The van der Waals surface area contributed by atoms with Crippen molar-refractivity contribution in [1.82, 2.24) is 20.1 Å². The molecule has 0 unspecified atom stereocenters. The summed E-state index contributed by atoms with van der Waals surface area (Å²) in [5.41, 5.74) is 2.17. The van der Waals surface area contributed by atoms with Gasteiger partial charge in [-0.2, -0.15) is 0 Å². The number of carbonyl (C=O) groups excluding carboxylic acids is 1. The molecule has 134 valence electrons. The van der Waals surface area contributed by atoms with Gasteiger partial charge in [0.1, 0.15) is 0 Å². The van der Waals surface area contributed by atoms with E-state index in [2.05, 4.69) is 15.2 Å². The number of benzene rings is 1. The van der Waals surface area contributed by atoms with E-state index < -0.39 is 0 Å². The zero-order valence-electron chi connectivity index (χ0n) is 14.8. The fourth-order valence-electron chi connectivity index (χ4n) is 2.36. The minimum absolute atomic E-state index is 0.0559. The Kier molecular flexibility index (Phi) is 7.70. The Morgan fingerprint density at radius 2 is 1.88 bits per heavy atom. The number of amides is 2. The Balaban J connectivity index is 1.88. The highest BCUT2D eigenvalue weighted by Crippen LogP contribution is 2.09. The minimum Gasteiger partial charge on any atom is -0.338 e. The maximum Gasteiger partial charge on any atom is 0.317 e. The molecule has 2 amide bonds. The van der Waals surface area contributed by atoms with Crippen LogP contribution in [0.5, 0.6) is 0 Å². The first-order valence-electron chi connectivity index (χ1n) is 8.35. The number of likely N-dealkylation sites (N-methyl/N-ethyl adjacent to an activating group) is 1. The van der Waals surface area contributed by atoms with Gasteiger partial charge < -0.3 is 15.1 Å².